The number of aromatic nitrogens is 3. The van der Waals surface area contributed by atoms with Gasteiger partial charge in [0.2, 0.25) is 0 Å². The van der Waals surface area contributed by atoms with Gasteiger partial charge in [-0.25, -0.2) is 4.98 Å². The molecule has 0 radical (unpaired) electrons. The van der Waals surface area contributed by atoms with Gasteiger partial charge in [-0.1, -0.05) is 11.6 Å². The number of hydrogen-bond acceptors (Lipinski definition) is 4. The predicted molar refractivity (Wildman–Crippen MR) is 66.0 cm³/mol. The summed E-state index contributed by atoms with van der Waals surface area (Å²) in [6, 6.07) is 5.56. The van der Waals surface area contributed by atoms with Crippen molar-refractivity contribution in [3.8, 4) is 0 Å². The Labute approximate surface area is 108 Å². The molecular weight excluding hydrogens is 258 g/mol. The van der Waals surface area contributed by atoms with Gasteiger partial charge >= 0.3 is 0 Å². The lowest BCUT2D eigenvalue weighted by Gasteiger charge is -2.09. The maximum absolute atomic E-state index is 10.3. The smallest absolute Gasteiger partial charge is 0.166 e. The van der Waals surface area contributed by atoms with Crippen LogP contribution in [0.2, 0.25) is 5.02 Å². The van der Waals surface area contributed by atoms with Gasteiger partial charge in [0.1, 0.15) is 11.6 Å². The maximum Gasteiger partial charge on any atom is 0.166 e. The van der Waals surface area contributed by atoms with Crippen LogP contribution in [0, 0.1) is 0 Å². The van der Waals surface area contributed by atoms with Crippen molar-refractivity contribution >= 4 is 23.4 Å². The fourth-order valence-electron chi connectivity index (χ4n) is 1.90. The highest BCUT2D eigenvalue weighted by Gasteiger charge is 2.35. The summed E-state index contributed by atoms with van der Waals surface area (Å²) < 4.78 is 1.64. The molecule has 1 N–H and O–H groups in total. The van der Waals surface area contributed by atoms with Crippen molar-refractivity contribution in [2.24, 2.45) is 7.05 Å². The van der Waals surface area contributed by atoms with E-state index in [2.05, 4.69) is 10.1 Å². The second-order valence-corrected chi connectivity index (χ2v) is 5.56. The first-order valence-electron chi connectivity index (χ1n) is 5.15. The molecule has 4 nitrogen and oxygen atoms in total. The highest BCUT2D eigenvalue weighted by atomic mass is 35.5. The van der Waals surface area contributed by atoms with E-state index >= 15 is 0 Å². The molecule has 0 aliphatic carbocycles. The lowest BCUT2D eigenvalue weighted by molar-refractivity contribution is 0.174. The molecule has 1 aliphatic rings. The Bertz CT molecular complexity index is 572. The van der Waals surface area contributed by atoms with Crippen molar-refractivity contribution < 1.29 is 5.11 Å². The number of fused-ring (bicyclic) bond motifs is 1. The van der Waals surface area contributed by atoms with Gasteiger partial charge < -0.3 is 5.11 Å². The molecule has 6 heteroatoms. The molecule has 2 atom stereocenters. The standard InChI is InChI=1S/C11H10ClN3OS/c1-15-5-13-11(14-15)10-9(16)7-4-6(12)2-3-8(7)17-10/h2-5,9-10,16H,1H3/t9-,10+/m0/s1. The lowest BCUT2D eigenvalue weighted by Crippen LogP contribution is -2.04. The summed E-state index contributed by atoms with van der Waals surface area (Å²) in [6.45, 7) is 0. The summed E-state index contributed by atoms with van der Waals surface area (Å²) in [5, 5.41) is 15.0. The third-order valence-electron chi connectivity index (χ3n) is 2.70. The summed E-state index contributed by atoms with van der Waals surface area (Å²) in [6.07, 6.45) is 1.04. The van der Waals surface area contributed by atoms with Crippen LogP contribution in [0.25, 0.3) is 0 Å². The van der Waals surface area contributed by atoms with Crippen LogP contribution in [0.3, 0.4) is 0 Å². The van der Waals surface area contributed by atoms with E-state index in [0.29, 0.717) is 10.8 Å². The van der Waals surface area contributed by atoms with Crippen LogP contribution in [0.4, 0.5) is 0 Å². The number of thioether (sulfide) groups is 1. The van der Waals surface area contributed by atoms with Gasteiger partial charge in [-0.3, -0.25) is 4.68 Å². The van der Waals surface area contributed by atoms with Gasteiger partial charge in [-0.2, -0.15) is 5.10 Å². The minimum atomic E-state index is -0.601. The summed E-state index contributed by atoms with van der Waals surface area (Å²) in [5.74, 6) is 0.650. The summed E-state index contributed by atoms with van der Waals surface area (Å²) in [7, 11) is 1.81. The van der Waals surface area contributed by atoms with Gasteiger partial charge in [-0.15, -0.1) is 11.8 Å². The Morgan fingerprint density at radius 3 is 3.00 bits per heavy atom. The van der Waals surface area contributed by atoms with Crippen molar-refractivity contribution in [1.29, 1.82) is 0 Å². The molecule has 1 aromatic carbocycles. The quantitative estimate of drug-likeness (QED) is 0.862. The number of aliphatic hydroxyl groups excluding tert-OH is 1. The third-order valence-corrected chi connectivity index (χ3v) is 4.29. The molecule has 0 amide bonds. The molecule has 3 rings (SSSR count). The normalized spacial score (nSPS) is 22.8. The SMILES string of the molecule is Cn1cnc([C@@H]2Sc3ccc(Cl)cc3[C@@H]2O)n1. The van der Waals surface area contributed by atoms with Gasteiger partial charge in [0.05, 0.1) is 6.10 Å². The molecule has 0 bridgehead atoms. The van der Waals surface area contributed by atoms with E-state index in [0.717, 1.165) is 10.5 Å². The third kappa shape index (κ3) is 1.84. The number of nitrogens with zero attached hydrogens (tertiary/aromatic N) is 3. The average Bonchev–Trinajstić information content (AvgIpc) is 2.84. The highest BCUT2D eigenvalue weighted by Crippen LogP contribution is 2.52. The van der Waals surface area contributed by atoms with Crippen LogP contribution < -0.4 is 0 Å². The van der Waals surface area contributed by atoms with E-state index in [9.17, 15) is 5.11 Å². The van der Waals surface area contributed by atoms with E-state index in [4.69, 9.17) is 11.6 Å². The number of hydrogen-bond donors (Lipinski definition) is 1. The van der Waals surface area contributed by atoms with Crippen molar-refractivity contribution in [3.05, 3.63) is 40.9 Å². The number of rotatable bonds is 1. The Kier molecular flexibility index (Phi) is 2.61. The molecule has 0 unspecified atom stereocenters. The van der Waals surface area contributed by atoms with Crippen molar-refractivity contribution in [1.82, 2.24) is 14.8 Å². The number of halogens is 1. The first-order valence-corrected chi connectivity index (χ1v) is 6.40. The Morgan fingerprint density at radius 1 is 1.47 bits per heavy atom. The molecule has 0 saturated carbocycles. The second-order valence-electron chi connectivity index (χ2n) is 3.94. The molecule has 0 saturated heterocycles. The minimum Gasteiger partial charge on any atom is -0.387 e. The first-order chi connectivity index (χ1) is 8.15. The van der Waals surface area contributed by atoms with Gasteiger partial charge in [0.25, 0.3) is 0 Å². The fourth-order valence-corrected chi connectivity index (χ4v) is 3.31. The molecule has 0 fully saturated rings. The molecule has 88 valence electrons. The number of benzene rings is 1. The minimum absolute atomic E-state index is 0.148. The van der Waals surface area contributed by atoms with Crippen LogP contribution in [-0.4, -0.2) is 19.9 Å². The van der Waals surface area contributed by atoms with Crippen LogP contribution in [0.15, 0.2) is 29.4 Å². The summed E-state index contributed by atoms with van der Waals surface area (Å²) in [5.41, 5.74) is 0.861. The van der Waals surface area contributed by atoms with E-state index in [1.807, 2.05) is 19.2 Å². The number of aliphatic hydroxyl groups is 1. The van der Waals surface area contributed by atoms with E-state index in [-0.39, 0.29) is 5.25 Å². The fraction of sp³-hybridized carbons (Fsp3) is 0.273. The van der Waals surface area contributed by atoms with Crippen molar-refractivity contribution in [2.75, 3.05) is 0 Å². The zero-order chi connectivity index (χ0) is 12.0. The van der Waals surface area contributed by atoms with E-state index in [1.54, 1.807) is 28.8 Å². The predicted octanol–water partition coefficient (Wildman–Crippen LogP) is 2.35. The first kappa shape index (κ1) is 11.1. The summed E-state index contributed by atoms with van der Waals surface area (Å²) in [4.78, 5) is 5.23. The zero-order valence-corrected chi connectivity index (χ0v) is 10.6. The van der Waals surface area contributed by atoms with Gasteiger partial charge in [0, 0.05) is 17.0 Å². The topological polar surface area (TPSA) is 50.9 Å². The second kappa shape index (κ2) is 4.01. The Hall–Kier alpha value is -1.04. The van der Waals surface area contributed by atoms with Gasteiger partial charge in [-0.05, 0) is 23.8 Å². The molecule has 1 aromatic heterocycles. The maximum atomic E-state index is 10.3. The Balaban J connectivity index is 1.98. The molecular formula is C11H10ClN3OS. The van der Waals surface area contributed by atoms with E-state index < -0.39 is 6.10 Å². The molecule has 2 aromatic rings. The molecule has 1 aliphatic heterocycles. The van der Waals surface area contributed by atoms with Crippen LogP contribution in [0.5, 0.6) is 0 Å². The largest absolute Gasteiger partial charge is 0.387 e. The van der Waals surface area contributed by atoms with Crippen LogP contribution in [0.1, 0.15) is 22.7 Å². The van der Waals surface area contributed by atoms with E-state index in [1.165, 1.54) is 0 Å². The van der Waals surface area contributed by atoms with Crippen molar-refractivity contribution in [2.45, 2.75) is 16.2 Å². The molecule has 0 spiro atoms. The highest BCUT2D eigenvalue weighted by molar-refractivity contribution is 8.00. The van der Waals surface area contributed by atoms with Gasteiger partial charge in [0.15, 0.2) is 5.82 Å². The molecule has 17 heavy (non-hydrogen) atoms. The molecule has 2 heterocycles. The monoisotopic (exact) mass is 267 g/mol. The lowest BCUT2D eigenvalue weighted by atomic mass is 10.1. The van der Waals surface area contributed by atoms with Crippen molar-refractivity contribution in [3.63, 3.8) is 0 Å². The average molecular weight is 268 g/mol. The number of aryl methyl sites for hydroxylation is 1. The Morgan fingerprint density at radius 2 is 2.29 bits per heavy atom. The van der Waals surface area contributed by atoms with Crippen LogP contribution in [-0.2, 0) is 7.05 Å². The van der Waals surface area contributed by atoms with Crippen LogP contribution >= 0.6 is 23.4 Å². The zero-order valence-electron chi connectivity index (χ0n) is 9.04. The summed E-state index contributed by atoms with van der Waals surface area (Å²) >= 11 is 7.50.